The van der Waals surface area contributed by atoms with E-state index in [1.54, 1.807) is 6.07 Å². The van der Waals surface area contributed by atoms with Crippen LogP contribution in [-0.2, 0) is 9.84 Å². The van der Waals surface area contributed by atoms with Crippen molar-refractivity contribution in [2.45, 2.75) is 22.9 Å². The molecule has 0 bridgehead atoms. The van der Waals surface area contributed by atoms with Crippen molar-refractivity contribution >= 4 is 21.4 Å². The molecule has 36 heavy (non-hydrogen) atoms. The van der Waals surface area contributed by atoms with Gasteiger partial charge < -0.3 is 19.2 Å². The number of hydrogen-bond donors (Lipinski definition) is 1. The molecular formula is C25H21N3O7S. The number of ether oxygens (including phenoxy) is 2. The van der Waals surface area contributed by atoms with Gasteiger partial charge in [-0.2, -0.15) is 4.98 Å². The first-order chi connectivity index (χ1) is 17.3. The van der Waals surface area contributed by atoms with Gasteiger partial charge in [-0.05, 0) is 30.7 Å². The number of sulfone groups is 1. The maximum absolute atomic E-state index is 13.7. The first kappa shape index (κ1) is 23.4. The van der Waals surface area contributed by atoms with Crippen LogP contribution in [0.1, 0.15) is 18.5 Å². The maximum Gasteiger partial charge on any atom is 0.282 e. The molecule has 0 amide bonds. The largest absolute Gasteiger partial charge is 0.486 e. The second-order valence-corrected chi connectivity index (χ2v) is 9.88. The molecule has 1 unspecified atom stereocenters. The lowest BCUT2D eigenvalue weighted by Crippen LogP contribution is -2.16. The van der Waals surface area contributed by atoms with Gasteiger partial charge in [-0.15, -0.1) is 0 Å². The molecule has 3 aromatic carbocycles. The highest BCUT2D eigenvalue weighted by molar-refractivity contribution is 7.91. The zero-order valence-electron chi connectivity index (χ0n) is 19.1. The number of oxazole rings is 1. The molecule has 1 N–H and O–H groups in total. The van der Waals surface area contributed by atoms with Crippen molar-refractivity contribution in [3.8, 4) is 23.0 Å². The fourth-order valence-corrected chi connectivity index (χ4v) is 5.11. The van der Waals surface area contributed by atoms with E-state index in [9.17, 15) is 18.5 Å². The molecule has 1 aromatic heterocycles. The standard InChI is InChI=1S/C25H21N3O7S/c1-16(17-7-3-2-4-8-17)26-24-25(27-23(35-24)19-9-5-6-10-20(19)28(29)30)36(31,32)18-11-12-21-22(15-18)34-14-13-33-21/h2-12,15-16,26H,13-14H2,1H3. The Kier molecular flexibility index (Phi) is 6.06. The quantitative estimate of drug-likeness (QED) is 0.270. The summed E-state index contributed by atoms with van der Waals surface area (Å²) in [5, 5.41) is 14.3. The molecule has 0 aliphatic carbocycles. The lowest BCUT2D eigenvalue weighted by atomic mass is 10.1. The van der Waals surface area contributed by atoms with E-state index in [2.05, 4.69) is 10.3 Å². The number of para-hydroxylation sites is 1. The van der Waals surface area contributed by atoms with Crippen molar-refractivity contribution in [3.05, 3.63) is 88.5 Å². The van der Waals surface area contributed by atoms with Crippen molar-refractivity contribution in [1.82, 2.24) is 4.98 Å². The Morgan fingerprint density at radius 1 is 0.972 bits per heavy atom. The average molecular weight is 508 g/mol. The first-order valence-electron chi connectivity index (χ1n) is 11.1. The lowest BCUT2D eigenvalue weighted by molar-refractivity contribution is -0.384. The van der Waals surface area contributed by atoms with Crippen molar-refractivity contribution in [2.24, 2.45) is 0 Å². The molecular weight excluding hydrogens is 486 g/mol. The first-order valence-corrected chi connectivity index (χ1v) is 12.5. The zero-order valence-corrected chi connectivity index (χ0v) is 19.9. The van der Waals surface area contributed by atoms with E-state index < -0.39 is 19.8 Å². The molecule has 0 spiro atoms. The Hall–Kier alpha value is -4.38. The third-order valence-corrected chi connectivity index (χ3v) is 7.31. The molecule has 1 aliphatic heterocycles. The molecule has 5 rings (SSSR count). The van der Waals surface area contributed by atoms with Gasteiger partial charge in [0.2, 0.25) is 26.6 Å². The van der Waals surface area contributed by atoms with E-state index in [4.69, 9.17) is 13.9 Å². The molecule has 10 nitrogen and oxygen atoms in total. The van der Waals surface area contributed by atoms with E-state index in [-0.39, 0.29) is 34.0 Å². The number of nitrogens with zero attached hydrogens (tertiary/aromatic N) is 2. The van der Waals surface area contributed by atoms with Gasteiger partial charge in [0, 0.05) is 12.1 Å². The Bertz CT molecular complexity index is 1530. The minimum atomic E-state index is -4.22. The summed E-state index contributed by atoms with van der Waals surface area (Å²) in [7, 11) is -4.22. The number of aromatic nitrogens is 1. The number of hydrogen-bond acceptors (Lipinski definition) is 9. The molecule has 4 aromatic rings. The van der Waals surface area contributed by atoms with E-state index in [0.717, 1.165) is 5.56 Å². The summed E-state index contributed by atoms with van der Waals surface area (Å²) in [4.78, 5) is 15.2. The summed E-state index contributed by atoms with van der Waals surface area (Å²) in [6.45, 7) is 2.50. The van der Waals surface area contributed by atoms with E-state index >= 15 is 0 Å². The number of nitro benzene ring substituents is 1. The van der Waals surface area contributed by atoms with Crippen LogP contribution < -0.4 is 14.8 Å². The highest BCUT2D eigenvalue weighted by Crippen LogP contribution is 2.39. The second-order valence-electron chi connectivity index (χ2n) is 8.01. The Labute approximate surface area is 206 Å². The van der Waals surface area contributed by atoms with Crippen molar-refractivity contribution < 1.29 is 27.2 Å². The molecule has 11 heteroatoms. The molecule has 1 aliphatic rings. The molecule has 184 valence electrons. The van der Waals surface area contributed by atoms with Gasteiger partial charge in [-0.1, -0.05) is 42.5 Å². The highest BCUT2D eigenvalue weighted by Gasteiger charge is 2.32. The lowest BCUT2D eigenvalue weighted by Gasteiger charge is -2.19. The van der Waals surface area contributed by atoms with Crippen LogP contribution >= 0.6 is 0 Å². The summed E-state index contributed by atoms with van der Waals surface area (Å²) < 4.78 is 44.3. The number of anilines is 1. The Morgan fingerprint density at radius 2 is 1.67 bits per heavy atom. The predicted octanol–water partition coefficient (Wildman–Crippen LogP) is 5.03. The van der Waals surface area contributed by atoms with Crippen molar-refractivity contribution in [1.29, 1.82) is 0 Å². The number of rotatable bonds is 7. The SMILES string of the molecule is CC(Nc1oc(-c2ccccc2[N+](=O)[O-])nc1S(=O)(=O)c1ccc2c(c1)OCCO2)c1ccccc1. The molecule has 0 fully saturated rings. The van der Waals surface area contributed by atoms with Crippen LogP contribution in [0.25, 0.3) is 11.5 Å². The summed E-state index contributed by atoms with van der Waals surface area (Å²) >= 11 is 0. The predicted molar refractivity (Wildman–Crippen MR) is 130 cm³/mol. The van der Waals surface area contributed by atoms with E-state index in [1.165, 1.54) is 36.4 Å². The Balaban J connectivity index is 1.63. The van der Waals surface area contributed by atoms with Crippen LogP contribution in [0.15, 0.2) is 87.1 Å². The minimum Gasteiger partial charge on any atom is -0.486 e. The van der Waals surface area contributed by atoms with Crippen LogP contribution in [0, 0.1) is 10.1 Å². The van der Waals surface area contributed by atoms with Crippen LogP contribution in [0.2, 0.25) is 0 Å². The molecule has 0 saturated heterocycles. The van der Waals surface area contributed by atoms with Crippen LogP contribution in [-0.4, -0.2) is 31.5 Å². The summed E-state index contributed by atoms with van der Waals surface area (Å²) in [6.07, 6.45) is 0. The Morgan fingerprint density at radius 3 is 2.42 bits per heavy atom. The maximum atomic E-state index is 13.7. The van der Waals surface area contributed by atoms with Gasteiger partial charge in [0.1, 0.15) is 18.8 Å². The van der Waals surface area contributed by atoms with Crippen LogP contribution in [0.3, 0.4) is 0 Å². The fraction of sp³-hybridized carbons (Fsp3) is 0.160. The zero-order chi connectivity index (χ0) is 25.3. The van der Waals surface area contributed by atoms with Gasteiger partial charge in [0.25, 0.3) is 5.69 Å². The van der Waals surface area contributed by atoms with Gasteiger partial charge in [-0.25, -0.2) is 8.42 Å². The van der Waals surface area contributed by atoms with Crippen LogP contribution in [0.4, 0.5) is 11.6 Å². The third kappa shape index (κ3) is 4.36. The monoisotopic (exact) mass is 507 g/mol. The van der Waals surface area contributed by atoms with Crippen molar-refractivity contribution in [3.63, 3.8) is 0 Å². The van der Waals surface area contributed by atoms with Crippen LogP contribution in [0.5, 0.6) is 11.5 Å². The second kappa shape index (κ2) is 9.34. The summed E-state index contributed by atoms with van der Waals surface area (Å²) in [5.41, 5.74) is 0.676. The third-order valence-electron chi connectivity index (χ3n) is 5.65. The van der Waals surface area contributed by atoms with E-state index in [0.29, 0.717) is 24.7 Å². The number of fused-ring (bicyclic) bond motifs is 1. The summed E-state index contributed by atoms with van der Waals surface area (Å²) in [5.74, 6) is 0.421. The van der Waals surface area contributed by atoms with Gasteiger partial charge in [0.05, 0.1) is 15.9 Å². The van der Waals surface area contributed by atoms with E-state index in [1.807, 2.05) is 37.3 Å². The minimum absolute atomic E-state index is 0.0570. The number of benzene rings is 3. The van der Waals surface area contributed by atoms with Crippen molar-refractivity contribution in [2.75, 3.05) is 18.5 Å². The molecule has 0 radical (unpaired) electrons. The summed E-state index contributed by atoms with van der Waals surface area (Å²) in [6, 6.07) is 19.1. The van der Waals surface area contributed by atoms with Gasteiger partial charge in [0.15, 0.2) is 11.5 Å². The number of nitrogens with one attached hydrogen (secondary N) is 1. The molecule has 1 atom stereocenters. The fourth-order valence-electron chi connectivity index (χ4n) is 3.83. The number of nitro groups is 1. The van der Waals surface area contributed by atoms with Gasteiger partial charge in [-0.3, -0.25) is 10.1 Å². The smallest absolute Gasteiger partial charge is 0.282 e. The highest BCUT2D eigenvalue weighted by atomic mass is 32.2. The molecule has 2 heterocycles. The van der Waals surface area contributed by atoms with Gasteiger partial charge >= 0.3 is 0 Å². The normalized spacial score (nSPS) is 13.7. The average Bonchev–Trinajstić information content (AvgIpc) is 3.33. The topological polar surface area (TPSA) is 134 Å². The molecule has 0 saturated carbocycles.